The molecule has 0 aromatic heterocycles. The standard InChI is InChI=1S/C20H22N2O3/c1-14(23)21-18-9-10-22(13-18)12-17-11-16(20(24)25)7-8-19(17)15-5-3-2-4-6-15/h2-8,11,18H,9-10,12-13H2,1H3,(H,21,23)(H,24,25). The van der Waals surface area contributed by atoms with Gasteiger partial charge in [0.2, 0.25) is 5.91 Å². The summed E-state index contributed by atoms with van der Waals surface area (Å²) in [5.74, 6) is -0.928. The lowest BCUT2D eigenvalue weighted by atomic mass is 9.97. The van der Waals surface area contributed by atoms with E-state index in [1.165, 1.54) is 6.92 Å². The molecule has 25 heavy (non-hydrogen) atoms. The number of carboxylic acid groups (broad SMARTS) is 1. The van der Waals surface area contributed by atoms with E-state index in [0.29, 0.717) is 12.1 Å². The van der Waals surface area contributed by atoms with Crippen molar-refractivity contribution in [3.8, 4) is 11.1 Å². The third-order valence-corrected chi connectivity index (χ3v) is 4.51. The summed E-state index contributed by atoms with van der Waals surface area (Å²) in [6, 6.07) is 15.4. The molecule has 0 spiro atoms. The fourth-order valence-corrected chi connectivity index (χ4v) is 3.38. The molecule has 5 nitrogen and oxygen atoms in total. The van der Waals surface area contributed by atoms with Gasteiger partial charge in [-0.25, -0.2) is 4.79 Å². The van der Waals surface area contributed by atoms with E-state index in [1.54, 1.807) is 12.1 Å². The summed E-state index contributed by atoms with van der Waals surface area (Å²) in [6.07, 6.45) is 0.916. The van der Waals surface area contributed by atoms with Crippen LogP contribution in [0.3, 0.4) is 0 Å². The smallest absolute Gasteiger partial charge is 0.335 e. The molecule has 2 aromatic rings. The molecule has 0 radical (unpaired) electrons. The highest BCUT2D eigenvalue weighted by molar-refractivity contribution is 5.89. The summed E-state index contributed by atoms with van der Waals surface area (Å²) in [4.78, 5) is 24.8. The maximum Gasteiger partial charge on any atom is 0.335 e. The molecule has 1 atom stereocenters. The number of aromatic carboxylic acids is 1. The van der Waals surface area contributed by atoms with Crippen molar-refractivity contribution in [1.29, 1.82) is 0 Å². The Morgan fingerprint density at radius 3 is 2.64 bits per heavy atom. The maximum atomic E-state index is 11.4. The van der Waals surface area contributed by atoms with Gasteiger partial charge in [-0.1, -0.05) is 36.4 Å². The third-order valence-electron chi connectivity index (χ3n) is 4.51. The van der Waals surface area contributed by atoms with Gasteiger partial charge in [0.25, 0.3) is 0 Å². The Bertz CT molecular complexity index is 774. The quantitative estimate of drug-likeness (QED) is 0.879. The second kappa shape index (κ2) is 7.49. The van der Waals surface area contributed by atoms with E-state index in [2.05, 4.69) is 10.2 Å². The molecule has 2 N–H and O–H groups in total. The third kappa shape index (κ3) is 4.25. The molecule has 2 aromatic carbocycles. The van der Waals surface area contributed by atoms with Crippen molar-refractivity contribution in [3.05, 3.63) is 59.7 Å². The number of hydrogen-bond donors (Lipinski definition) is 2. The minimum atomic E-state index is -0.918. The normalized spacial score (nSPS) is 17.4. The topological polar surface area (TPSA) is 69.6 Å². The Kier molecular flexibility index (Phi) is 5.14. The van der Waals surface area contributed by atoms with Gasteiger partial charge in [0.05, 0.1) is 5.56 Å². The Morgan fingerprint density at radius 2 is 1.96 bits per heavy atom. The van der Waals surface area contributed by atoms with Crippen molar-refractivity contribution in [2.45, 2.75) is 25.9 Å². The average molecular weight is 338 g/mol. The van der Waals surface area contributed by atoms with E-state index in [9.17, 15) is 14.7 Å². The van der Waals surface area contributed by atoms with E-state index < -0.39 is 5.97 Å². The van der Waals surface area contributed by atoms with Crippen LogP contribution in [0.5, 0.6) is 0 Å². The number of amides is 1. The van der Waals surface area contributed by atoms with Gasteiger partial charge in [0, 0.05) is 32.6 Å². The number of benzene rings is 2. The van der Waals surface area contributed by atoms with Crippen molar-refractivity contribution in [1.82, 2.24) is 10.2 Å². The minimum Gasteiger partial charge on any atom is -0.478 e. The highest BCUT2D eigenvalue weighted by atomic mass is 16.4. The van der Waals surface area contributed by atoms with E-state index in [0.717, 1.165) is 36.2 Å². The number of hydrogen-bond acceptors (Lipinski definition) is 3. The molecule has 1 amide bonds. The molecule has 1 fully saturated rings. The number of nitrogens with one attached hydrogen (secondary N) is 1. The number of rotatable bonds is 5. The molecule has 0 bridgehead atoms. The van der Waals surface area contributed by atoms with Crippen LogP contribution >= 0.6 is 0 Å². The first kappa shape index (κ1) is 17.2. The second-order valence-corrected chi connectivity index (χ2v) is 6.46. The first-order chi connectivity index (χ1) is 12.0. The fourth-order valence-electron chi connectivity index (χ4n) is 3.38. The Labute approximate surface area is 147 Å². The van der Waals surface area contributed by atoms with Crippen LogP contribution in [0.2, 0.25) is 0 Å². The van der Waals surface area contributed by atoms with E-state index in [1.807, 2.05) is 36.4 Å². The number of carbonyl (C=O) groups is 2. The molecule has 0 aliphatic carbocycles. The summed E-state index contributed by atoms with van der Waals surface area (Å²) in [5.41, 5.74) is 3.42. The zero-order valence-corrected chi connectivity index (χ0v) is 14.2. The molecule has 1 unspecified atom stereocenters. The van der Waals surface area contributed by atoms with Crippen LogP contribution in [0.1, 0.15) is 29.3 Å². The van der Waals surface area contributed by atoms with Gasteiger partial charge in [-0.15, -0.1) is 0 Å². The summed E-state index contributed by atoms with van der Waals surface area (Å²) in [7, 11) is 0. The largest absolute Gasteiger partial charge is 0.478 e. The lowest BCUT2D eigenvalue weighted by Crippen LogP contribution is -2.35. The van der Waals surface area contributed by atoms with Gasteiger partial charge >= 0.3 is 5.97 Å². The molecule has 1 aliphatic rings. The molecule has 130 valence electrons. The number of nitrogens with zero attached hydrogens (tertiary/aromatic N) is 1. The Balaban J connectivity index is 1.85. The molecule has 1 saturated heterocycles. The predicted octanol–water partition coefficient (Wildman–Crippen LogP) is 2.76. The Hall–Kier alpha value is -2.66. The first-order valence-electron chi connectivity index (χ1n) is 8.44. The van der Waals surface area contributed by atoms with E-state index >= 15 is 0 Å². The summed E-state index contributed by atoms with van der Waals surface area (Å²) in [5, 5.41) is 12.3. The monoisotopic (exact) mass is 338 g/mol. The van der Waals surface area contributed by atoms with Crippen molar-refractivity contribution < 1.29 is 14.7 Å². The summed E-state index contributed by atoms with van der Waals surface area (Å²) < 4.78 is 0. The molecular formula is C20H22N2O3. The van der Waals surface area contributed by atoms with Crippen LogP contribution in [0, 0.1) is 0 Å². The average Bonchev–Trinajstić information content (AvgIpc) is 3.01. The van der Waals surface area contributed by atoms with Crippen LogP contribution in [0.15, 0.2) is 48.5 Å². The van der Waals surface area contributed by atoms with Crippen LogP contribution in [0.25, 0.3) is 11.1 Å². The first-order valence-corrected chi connectivity index (χ1v) is 8.44. The molecule has 1 aliphatic heterocycles. The van der Waals surface area contributed by atoms with Crippen LogP contribution in [-0.4, -0.2) is 41.0 Å². The van der Waals surface area contributed by atoms with Gasteiger partial charge in [-0.3, -0.25) is 9.69 Å². The zero-order valence-electron chi connectivity index (χ0n) is 14.2. The van der Waals surface area contributed by atoms with Gasteiger partial charge < -0.3 is 10.4 Å². The number of carboxylic acids is 1. The molecule has 0 saturated carbocycles. The number of likely N-dealkylation sites (tertiary alicyclic amines) is 1. The highest BCUT2D eigenvalue weighted by Crippen LogP contribution is 2.27. The van der Waals surface area contributed by atoms with Crippen LogP contribution in [-0.2, 0) is 11.3 Å². The second-order valence-electron chi connectivity index (χ2n) is 6.46. The van der Waals surface area contributed by atoms with Crippen molar-refractivity contribution >= 4 is 11.9 Å². The van der Waals surface area contributed by atoms with Gasteiger partial charge in [0.15, 0.2) is 0 Å². The van der Waals surface area contributed by atoms with E-state index in [-0.39, 0.29) is 11.9 Å². The fraction of sp³-hybridized carbons (Fsp3) is 0.300. The van der Waals surface area contributed by atoms with Gasteiger partial charge in [-0.05, 0) is 35.2 Å². The molecule has 3 rings (SSSR count). The SMILES string of the molecule is CC(=O)NC1CCN(Cc2cc(C(=O)O)ccc2-c2ccccc2)C1. The van der Waals surface area contributed by atoms with Crippen molar-refractivity contribution in [2.24, 2.45) is 0 Å². The van der Waals surface area contributed by atoms with Crippen molar-refractivity contribution in [3.63, 3.8) is 0 Å². The Morgan fingerprint density at radius 1 is 1.20 bits per heavy atom. The minimum absolute atomic E-state index is 0.00954. The zero-order chi connectivity index (χ0) is 17.8. The summed E-state index contributed by atoms with van der Waals surface area (Å²) >= 11 is 0. The van der Waals surface area contributed by atoms with Gasteiger partial charge in [0.1, 0.15) is 0 Å². The van der Waals surface area contributed by atoms with Crippen LogP contribution < -0.4 is 5.32 Å². The maximum absolute atomic E-state index is 11.4. The highest BCUT2D eigenvalue weighted by Gasteiger charge is 2.24. The molecule has 5 heteroatoms. The molecule has 1 heterocycles. The van der Waals surface area contributed by atoms with Crippen molar-refractivity contribution in [2.75, 3.05) is 13.1 Å². The lowest BCUT2D eigenvalue weighted by Gasteiger charge is -2.19. The van der Waals surface area contributed by atoms with Crippen LogP contribution in [0.4, 0.5) is 0 Å². The van der Waals surface area contributed by atoms with Gasteiger partial charge in [-0.2, -0.15) is 0 Å². The number of carbonyl (C=O) groups excluding carboxylic acids is 1. The predicted molar refractivity (Wildman–Crippen MR) is 96.3 cm³/mol. The molecular weight excluding hydrogens is 316 g/mol. The summed E-state index contributed by atoms with van der Waals surface area (Å²) in [6.45, 7) is 3.87. The lowest BCUT2D eigenvalue weighted by molar-refractivity contribution is -0.119. The van der Waals surface area contributed by atoms with E-state index in [4.69, 9.17) is 0 Å².